The molecule has 1 saturated carbocycles. The van der Waals surface area contributed by atoms with Crippen LogP contribution in [0.25, 0.3) is 0 Å². The number of hydrogen-bond acceptors (Lipinski definition) is 6. The minimum Gasteiger partial charge on any atom is -0.336 e. The molecule has 2 aliphatic rings. The number of fused-ring (bicyclic) bond motifs is 1. The molecule has 1 fully saturated rings. The van der Waals surface area contributed by atoms with Gasteiger partial charge in [0.25, 0.3) is 5.56 Å². The summed E-state index contributed by atoms with van der Waals surface area (Å²) in [5.41, 5.74) is 1.79. The Morgan fingerprint density at radius 2 is 2.10 bits per heavy atom. The summed E-state index contributed by atoms with van der Waals surface area (Å²) in [7, 11) is -3.63. The molecule has 2 atom stereocenters. The van der Waals surface area contributed by atoms with Gasteiger partial charge in [-0.15, -0.1) is 0 Å². The number of aromatic amines is 1. The molecule has 3 aromatic rings. The highest BCUT2D eigenvalue weighted by molar-refractivity contribution is 7.89. The van der Waals surface area contributed by atoms with Crippen LogP contribution < -0.4 is 15.6 Å². The molecule has 5 rings (SSSR count). The Morgan fingerprint density at radius 3 is 2.94 bits per heavy atom. The highest BCUT2D eigenvalue weighted by Crippen LogP contribution is 2.40. The van der Waals surface area contributed by atoms with Crippen LogP contribution in [0.15, 0.2) is 40.2 Å². The maximum absolute atomic E-state index is 14.8. The van der Waals surface area contributed by atoms with Crippen LogP contribution in [0.1, 0.15) is 48.0 Å². The van der Waals surface area contributed by atoms with Gasteiger partial charge in [-0.3, -0.25) is 9.89 Å². The van der Waals surface area contributed by atoms with Crippen molar-refractivity contribution >= 4 is 21.5 Å². The molecule has 0 radical (unpaired) electrons. The van der Waals surface area contributed by atoms with Crippen LogP contribution >= 0.6 is 0 Å². The van der Waals surface area contributed by atoms with Gasteiger partial charge in [0.05, 0.1) is 16.6 Å². The number of rotatable bonds is 4. The first-order chi connectivity index (χ1) is 14.8. The van der Waals surface area contributed by atoms with Crippen LogP contribution in [-0.4, -0.2) is 28.4 Å². The molecule has 1 aromatic carbocycles. The summed E-state index contributed by atoms with van der Waals surface area (Å²) in [5, 5.41) is 14.4. The second-order valence-electron chi connectivity index (χ2n) is 7.99. The first kappa shape index (κ1) is 19.9. The van der Waals surface area contributed by atoms with Gasteiger partial charge in [-0.25, -0.2) is 22.2 Å². The van der Waals surface area contributed by atoms with E-state index in [2.05, 4.69) is 25.3 Å². The molecule has 11 heteroatoms. The smallest absolute Gasteiger partial charge is 0.269 e. The minimum atomic E-state index is -3.63. The third-order valence-electron chi connectivity index (χ3n) is 6.04. The Kier molecular flexibility index (Phi) is 4.67. The van der Waals surface area contributed by atoms with Gasteiger partial charge in [0, 0.05) is 41.5 Å². The zero-order valence-corrected chi connectivity index (χ0v) is 17.5. The Balaban J connectivity index is 1.33. The van der Waals surface area contributed by atoms with Crippen LogP contribution in [0.4, 0.5) is 15.9 Å². The van der Waals surface area contributed by atoms with Gasteiger partial charge in [-0.2, -0.15) is 10.2 Å². The number of sulfonamides is 1. The second-order valence-corrected chi connectivity index (χ2v) is 9.72. The zero-order chi connectivity index (χ0) is 21.8. The monoisotopic (exact) mass is 444 g/mol. The average Bonchev–Trinajstić information content (AvgIpc) is 3.45. The standard InChI is InChI=1S/C20H21FN6O3S/c1-11-6-7-22-27(20(11)28)13-3-2-12(8-13)16-9-18(26-25-16)24-15-4-5-17-14(19(15)21)10-23-31(17,29)30/h4-7,9,12-13,23H,2-3,8,10H2,1H3,(H2,24,25,26)/t12-,13+/m1/s1. The van der Waals surface area contributed by atoms with E-state index in [4.69, 9.17) is 0 Å². The number of anilines is 2. The molecule has 2 aromatic heterocycles. The van der Waals surface area contributed by atoms with Gasteiger partial charge in [0.15, 0.2) is 11.6 Å². The molecule has 0 bridgehead atoms. The molecule has 162 valence electrons. The molecule has 0 amide bonds. The number of nitrogens with one attached hydrogen (secondary N) is 3. The SMILES string of the molecule is Cc1ccnn([C@H]2CC[C@@H](c3cc(Nc4ccc5c(c4F)CNS5(=O)=O)n[nH]3)C2)c1=O. The lowest BCUT2D eigenvalue weighted by Crippen LogP contribution is -2.27. The Hall–Kier alpha value is -3.05. The molecular weight excluding hydrogens is 423 g/mol. The van der Waals surface area contributed by atoms with Crippen molar-refractivity contribution in [1.82, 2.24) is 24.7 Å². The highest BCUT2D eigenvalue weighted by Gasteiger charge is 2.31. The third kappa shape index (κ3) is 3.43. The molecule has 31 heavy (non-hydrogen) atoms. The largest absolute Gasteiger partial charge is 0.336 e. The average molecular weight is 444 g/mol. The highest BCUT2D eigenvalue weighted by atomic mass is 32.2. The number of benzene rings is 1. The lowest BCUT2D eigenvalue weighted by atomic mass is 10.0. The number of H-pyrrole nitrogens is 1. The van der Waals surface area contributed by atoms with E-state index in [0.29, 0.717) is 11.4 Å². The van der Waals surface area contributed by atoms with E-state index < -0.39 is 15.8 Å². The molecule has 0 spiro atoms. The van der Waals surface area contributed by atoms with Crippen LogP contribution in [0, 0.1) is 12.7 Å². The van der Waals surface area contributed by atoms with Crippen molar-refractivity contribution in [3.63, 3.8) is 0 Å². The van der Waals surface area contributed by atoms with Crippen LogP contribution in [0.2, 0.25) is 0 Å². The normalized spacial score (nSPS) is 21.9. The molecule has 1 aliphatic carbocycles. The van der Waals surface area contributed by atoms with Gasteiger partial charge in [-0.1, -0.05) is 0 Å². The Labute approximate surface area is 177 Å². The number of hydrogen-bond donors (Lipinski definition) is 3. The van der Waals surface area contributed by atoms with Crippen molar-refractivity contribution in [1.29, 1.82) is 0 Å². The van der Waals surface area contributed by atoms with Gasteiger partial charge in [0.1, 0.15) is 0 Å². The molecule has 9 nitrogen and oxygen atoms in total. The van der Waals surface area contributed by atoms with E-state index in [0.717, 1.165) is 25.0 Å². The lowest BCUT2D eigenvalue weighted by Gasteiger charge is -2.13. The van der Waals surface area contributed by atoms with E-state index in [1.165, 1.54) is 12.1 Å². The molecule has 1 aliphatic heterocycles. The fraction of sp³-hybridized carbons (Fsp3) is 0.350. The molecular formula is C20H21FN6O3S. The van der Waals surface area contributed by atoms with Crippen molar-refractivity contribution in [2.24, 2.45) is 0 Å². The lowest BCUT2D eigenvalue weighted by molar-refractivity contribution is 0.436. The van der Waals surface area contributed by atoms with Gasteiger partial charge in [0.2, 0.25) is 10.0 Å². The van der Waals surface area contributed by atoms with E-state index in [-0.39, 0.29) is 40.2 Å². The van der Waals surface area contributed by atoms with Gasteiger partial charge in [-0.05, 0) is 44.4 Å². The Morgan fingerprint density at radius 1 is 1.26 bits per heavy atom. The van der Waals surface area contributed by atoms with E-state index in [9.17, 15) is 17.6 Å². The maximum atomic E-state index is 14.8. The van der Waals surface area contributed by atoms with E-state index in [1.54, 1.807) is 23.9 Å². The predicted molar refractivity (Wildman–Crippen MR) is 111 cm³/mol. The summed E-state index contributed by atoms with van der Waals surface area (Å²) in [6.45, 7) is 1.71. The molecule has 0 saturated heterocycles. The summed E-state index contributed by atoms with van der Waals surface area (Å²) in [4.78, 5) is 12.3. The predicted octanol–water partition coefficient (Wildman–Crippen LogP) is 2.46. The summed E-state index contributed by atoms with van der Waals surface area (Å²) in [6.07, 6.45) is 4.12. The number of nitrogens with zero attached hydrogens (tertiary/aromatic N) is 3. The van der Waals surface area contributed by atoms with Crippen molar-refractivity contribution < 1.29 is 12.8 Å². The van der Waals surface area contributed by atoms with Crippen LogP contribution in [0.5, 0.6) is 0 Å². The van der Waals surface area contributed by atoms with Crippen molar-refractivity contribution in [3.8, 4) is 0 Å². The number of halogens is 1. The van der Waals surface area contributed by atoms with Crippen LogP contribution in [-0.2, 0) is 16.6 Å². The fourth-order valence-corrected chi connectivity index (χ4v) is 5.58. The second kappa shape index (κ2) is 7.27. The fourth-order valence-electron chi connectivity index (χ4n) is 4.35. The Bertz CT molecular complexity index is 1330. The van der Waals surface area contributed by atoms with Crippen molar-refractivity contribution in [2.45, 2.75) is 49.6 Å². The molecule has 3 heterocycles. The van der Waals surface area contributed by atoms with Gasteiger partial charge < -0.3 is 5.32 Å². The number of aromatic nitrogens is 4. The zero-order valence-electron chi connectivity index (χ0n) is 16.7. The van der Waals surface area contributed by atoms with Crippen LogP contribution in [0.3, 0.4) is 0 Å². The van der Waals surface area contributed by atoms with Crippen molar-refractivity contribution in [2.75, 3.05) is 5.32 Å². The summed E-state index contributed by atoms with van der Waals surface area (Å²) in [6, 6.07) is 6.34. The number of aryl methyl sites for hydroxylation is 1. The maximum Gasteiger partial charge on any atom is 0.269 e. The first-order valence-corrected chi connectivity index (χ1v) is 11.5. The molecule has 3 N–H and O–H groups in total. The topological polar surface area (TPSA) is 122 Å². The van der Waals surface area contributed by atoms with E-state index >= 15 is 0 Å². The summed E-state index contributed by atoms with van der Waals surface area (Å²) < 4.78 is 42.4. The van der Waals surface area contributed by atoms with E-state index in [1.807, 2.05) is 6.07 Å². The van der Waals surface area contributed by atoms with Crippen molar-refractivity contribution in [3.05, 3.63) is 63.5 Å². The summed E-state index contributed by atoms with van der Waals surface area (Å²) in [5.74, 6) is 0.0138. The summed E-state index contributed by atoms with van der Waals surface area (Å²) >= 11 is 0. The third-order valence-corrected chi connectivity index (χ3v) is 7.53. The first-order valence-electron chi connectivity index (χ1n) is 10.0. The quantitative estimate of drug-likeness (QED) is 0.568. The minimum absolute atomic E-state index is 0.0284. The molecule has 0 unspecified atom stereocenters. The van der Waals surface area contributed by atoms with Gasteiger partial charge >= 0.3 is 0 Å².